The fraction of sp³-hybridized carbons (Fsp3) is 0.143. The number of benzene rings is 2. The monoisotopic (exact) mass is 494 g/mol. The van der Waals surface area contributed by atoms with Crippen molar-refractivity contribution in [3.63, 3.8) is 0 Å². The molecule has 2 aromatic carbocycles. The van der Waals surface area contributed by atoms with E-state index in [1.807, 2.05) is 0 Å². The van der Waals surface area contributed by atoms with Gasteiger partial charge < -0.3 is 14.5 Å². The number of carbonyl (C=O) groups excluding carboxylic acids is 1. The van der Waals surface area contributed by atoms with Crippen LogP contribution >= 0.6 is 0 Å². The minimum absolute atomic E-state index is 0.00906. The fourth-order valence-corrected chi connectivity index (χ4v) is 3.42. The van der Waals surface area contributed by atoms with Gasteiger partial charge >= 0.3 is 12.1 Å². The number of nitrogens with zero attached hydrogens (tertiary/aromatic N) is 2. The highest BCUT2D eigenvalue weighted by Crippen LogP contribution is 2.36. The molecule has 9 nitrogen and oxygen atoms in total. The van der Waals surface area contributed by atoms with E-state index < -0.39 is 38.9 Å². The van der Waals surface area contributed by atoms with Gasteiger partial charge in [0.05, 0.1) is 23.3 Å². The standard InChI is InChI=1S/C21H17F3N4O5S/c1-32-20(29)15(25)11-17(26-16-9-4-3-8-14(16)21(22,23)24)19-28-27-18(33-19)12-6-5-7-13(10-12)34(2,30)31/h3-11,25-26H,1-2H3/b17-11-,25-15?. The average molecular weight is 494 g/mol. The molecular formula is C21H17F3N4O5S. The Kier molecular flexibility index (Phi) is 6.86. The molecule has 0 aliphatic rings. The van der Waals surface area contributed by atoms with Crippen LogP contribution < -0.4 is 5.32 Å². The Labute approximate surface area is 191 Å². The molecule has 13 heteroatoms. The van der Waals surface area contributed by atoms with Gasteiger partial charge in [-0.2, -0.15) is 13.2 Å². The molecule has 0 amide bonds. The Bertz CT molecular complexity index is 1380. The van der Waals surface area contributed by atoms with E-state index in [4.69, 9.17) is 9.83 Å². The highest BCUT2D eigenvalue weighted by molar-refractivity contribution is 7.90. The Morgan fingerprint density at radius 2 is 1.85 bits per heavy atom. The number of carbonyl (C=O) groups is 1. The number of anilines is 1. The third-order valence-corrected chi connectivity index (χ3v) is 5.47. The van der Waals surface area contributed by atoms with Gasteiger partial charge in [-0.3, -0.25) is 5.41 Å². The maximum Gasteiger partial charge on any atom is 0.418 e. The molecule has 0 unspecified atom stereocenters. The third-order valence-electron chi connectivity index (χ3n) is 4.36. The lowest BCUT2D eigenvalue weighted by atomic mass is 10.1. The molecule has 2 N–H and O–H groups in total. The molecular weight excluding hydrogens is 477 g/mol. The van der Waals surface area contributed by atoms with E-state index in [0.717, 1.165) is 31.6 Å². The van der Waals surface area contributed by atoms with Crippen molar-refractivity contribution < 1.29 is 35.5 Å². The summed E-state index contributed by atoms with van der Waals surface area (Å²) in [5, 5.41) is 17.9. The first-order chi connectivity index (χ1) is 15.9. The molecule has 0 aliphatic carbocycles. The molecule has 3 rings (SSSR count). The minimum atomic E-state index is -4.70. The SMILES string of the molecule is COC(=O)C(=N)/C=C(\Nc1ccccc1C(F)(F)F)c1nnc(-c2cccc(S(C)(=O)=O)c2)o1. The summed E-state index contributed by atoms with van der Waals surface area (Å²) in [6.45, 7) is 0. The lowest BCUT2D eigenvalue weighted by Crippen LogP contribution is -2.15. The van der Waals surface area contributed by atoms with Crippen LogP contribution in [-0.4, -0.2) is 43.7 Å². The molecule has 178 valence electrons. The van der Waals surface area contributed by atoms with Crippen LogP contribution in [0.1, 0.15) is 11.5 Å². The van der Waals surface area contributed by atoms with Gasteiger partial charge in [0.25, 0.3) is 5.89 Å². The second kappa shape index (κ2) is 9.47. The molecule has 1 aromatic heterocycles. The molecule has 0 saturated carbocycles. The van der Waals surface area contributed by atoms with Gasteiger partial charge in [0, 0.05) is 11.8 Å². The van der Waals surface area contributed by atoms with Gasteiger partial charge in [0.15, 0.2) is 9.84 Å². The zero-order valence-electron chi connectivity index (χ0n) is 17.7. The lowest BCUT2D eigenvalue weighted by Gasteiger charge is -2.15. The van der Waals surface area contributed by atoms with Crippen molar-refractivity contribution in [3.05, 3.63) is 66.1 Å². The molecule has 0 aliphatic heterocycles. The number of hydrogen-bond acceptors (Lipinski definition) is 9. The van der Waals surface area contributed by atoms with Crippen molar-refractivity contribution >= 4 is 32.9 Å². The Hall–Kier alpha value is -4.00. The van der Waals surface area contributed by atoms with Gasteiger partial charge in [-0.25, -0.2) is 13.2 Å². The van der Waals surface area contributed by atoms with Crippen molar-refractivity contribution in [3.8, 4) is 11.5 Å². The molecule has 34 heavy (non-hydrogen) atoms. The summed E-state index contributed by atoms with van der Waals surface area (Å²) in [5.41, 5.74) is -2.15. The van der Waals surface area contributed by atoms with E-state index in [0.29, 0.717) is 0 Å². The summed E-state index contributed by atoms with van der Waals surface area (Å²) in [7, 11) is -2.49. The predicted octanol–water partition coefficient (Wildman–Crippen LogP) is 3.80. The maximum absolute atomic E-state index is 13.4. The smallest absolute Gasteiger partial charge is 0.418 e. The van der Waals surface area contributed by atoms with Crippen molar-refractivity contribution in [1.29, 1.82) is 5.41 Å². The van der Waals surface area contributed by atoms with Crippen LogP contribution in [0, 0.1) is 5.41 Å². The number of para-hydroxylation sites is 1. The van der Waals surface area contributed by atoms with E-state index in [1.54, 1.807) is 0 Å². The largest absolute Gasteiger partial charge is 0.464 e. The number of esters is 1. The fourth-order valence-electron chi connectivity index (χ4n) is 2.76. The highest BCUT2D eigenvalue weighted by atomic mass is 32.2. The van der Waals surface area contributed by atoms with E-state index >= 15 is 0 Å². The summed E-state index contributed by atoms with van der Waals surface area (Å²) >= 11 is 0. The quantitative estimate of drug-likeness (QED) is 0.374. The molecule has 0 saturated heterocycles. The molecule has 0 bridgehead atoms. The topological polar surface area (TPSA) is 135 Å². The average Bonchev–Trinajstić information content (AvgIpc) is 3.27. The van der Waals surface area contributed by atoms with Gasteiger partial charge in [0.1, 0.15) is 11.4 Å². The maximum atomic E-state index is 13.4. The molecule has 0 fully saturated rings. The first-order valence-corrected chi connectivity index (χ1v) is 11.3. The summed E-state index contributed by atoms with van der Waals surface area (Å²) in [4.78, 5) is 11.7. The third kappa shape index (κ3) is 5.67. The highest BCUT2D eigenvalue weighted by Gasteiger charge is 2.33. The Morgan fingerprint density at radius 1 is 1.15 bits per heavy atom. The zero-order valence-corrected chi connectivity index (χ0v) is 18.5. The van der Waals surface area contributed by atoms with E-state index in [-0.39, 0.29) is 27.9 Å². The van der Waals surface area contributed by atoms with Gasteiger partial charge in [-0.05, 0) is 36.4 Å². The van der Waals surface area contributed by atoms with Crippen LogP contribution in [0.4, 0.5) is 18.9 Å². The van der Waals surface area contributed by atoms with Crippen molar-refractivity contribution in [2.45, 2.75) is 11.1 Å². The van der Waals surface area contributed by atoms with Crippen LogP contribution in [0.25, 0.3) is 17.2 Å². The first kappa shape index (κ1) is 24.6. The number of ether oxygens (including phenoxy) is 1. The molecule has 3 aromatic rings. The minimum Gasteiger partial charge on any atom is -0.464 e. The summed E-state index contributed by atoms with van der Waals surface area (Å²) in [6.07, 6.45) is -2.80. The Balaban J connectivity index is 2.07. The second-order valence-corrected chi connectivity index (χ2v) is 8.86. The summed E-state index contributed by atoms with van der Waals surface area (Å²) in [5.74, 6) is -1.55. The van der Waals surface area contributed by atoms with E-state index in [9.17, 15) is 26.4 Å². The van der Waals surface area contributed by atoms with Gasteiger partial charge in [-0.1, -0.05) is 18.2 Å². The van der Waals surface area contributed by atoms with Crippen LogP contribution in [0.3, 0.4) is 0 Å². The van der Waals surface area contributed by atoms with Crippen LogP contribution in [-0.2, 0) is 25.5 Å². The molecule has 0 radical (unpaired) electrons. The zero-order chi connectivity index (χ0) is 25.1. The number of methoxy groups -OCH3 is 1. The van der Waals surface area contributed by atoms with Crippen molar-refractivity contribution in [2.24, 2.45) is 0 Å². The number of alkyl halides is 3. The Morgan fingerprint density at radius 3 is 2.50 bits per heavy atom. The van der Waals surface area contributed by atoms with Crippen LogP contribution in [0.5, 0.6) is 0 Å². The number of hydrogen-bond donors (Lipinski definition) is 2. The molecule has 1 heterocycles. The molecule has 0 spiro atoms. The first-order valence-electron chi connectivity index (χ1n) is 9.36. The summed E-state index contributed by atoms with van der Waals surface area (Å²) in [6, 6.07) is 10.2. The van der Waals surface area contributed by atoms with Crippen molar-refractivity contribution in [1.82, 2.24) is 10.2 Å². The molecule has 0 atom stereocenters. The van der Waals surface area contributed by atoms with Crippen molar-refractivity contribution in [2.75, 3.05) is 18.7 Å². The second-order valence-electron chi connectivity index (χ2n) is 6.84. The normalized spacial score (nSPS) is 12.3. The van der Waals surface area contributed by atoms with Gasteiger partial charge in [0.2, 0.25) is 5.89 Å². The van der Waals surface area contributed by atoms with Crippen LogP contribution in [0.2, 0.25) is 0 Å². The number of rotatable bonds is 7. The number of sulfone groups is 1. The van der Waals surface area contributed by atoms with E-state index in [1.165, 1.54) is 36.4 Å². The predicted molar refractivity (Wildman–Crippen MR) is 116 cm³/mol. The van der Waals surface area contributed by atoms with E-state index in [2.05, 4.69) is 20.3 Å². The van der Waals surface area contributed by atoms with Gasteiger partial charge in [-0.15, -0.1) is 10.2 Å². The lowest BCUT2D eigenvalue weighted by molar-refractivity contribution is -0.137. The number of nitrogens with one attached hydrogen (secondary N) is 2. The number of aromatic nitrogens is 2. The van der Waals surface area contributed by atoms with Crippen LogP contribution in [0.15, 0.2) is 63.9 Å². The number of halogens is 3. The summed E-state index contributed by atoms with van der Waals surface area (Å²) < 4.78 is 73.9.